The topological polar surface area (TPSA) is 65.0 Å². The van der Waals surface area contributed by atoms with Crippen molar-refractivity contribution in [2.24, 2.45) is 0 Å². The van der Waals surface area contributed by atoms with Crippen LogP contribution < -0.4 is 0 Å². The molecule has 0 aromatic rings. The summed E-state index contributed by atoms with van der Waals surface area (Å²) >= 11 is 0. The molecule has 1 N–H and O–H groups in total. The molecule has 1 unspecified atom stereocenters. The molecule has 1 rings (SSSR count). The Morgan fingerprint density at radius 1 is 1.71 bits per heavy atom. The summed E-state index contributed by atoms with van der Waals surface area (Å²) in [6.45, 7) is 1.44. The van der Waals surface area contributed by atoms with Crippen molar-refractivity contribution < 1.29 is 23.5 Å². The molecule has 1 fully saturated rings. The molecule has 0 aromatic heterocycles. The molecule has 0 bridgehead atoms. The summed E-state index contributed by atoms with van der Waals surface area (Å²) in [5.41, 5.74) is 0. The first-order valence-electron chi connectivity index (χ1n) is 4.31. The summed E-state index contributed by atoms with van der Waals surface area (Å²) < 4.78 is 26.1. The zero-order chi connectivity index (χ0) is 10.8. The van der Waals surface area contributed by atoms with Crippen LogP contribution in [-0.4, -0.2) is 51.3 Å². The van der Waals surface area contributed by atoms with Crippen molar-refractivity contribution in [1.82, 2.24) is 0 Å². The summed E-state index contributed by atoms with van der Waals surface area (Å²) in [5, 5.41) is 0. The van der Waals surface area contributed by atoms with E-state index in [-0.39, 0.29) is 6.10 Å². The molecule has 0 aliphatic carbocycles. The maximum absolute atomic E-state index is 11.0. The average molecular weight is 220 g/mol. The summed E-state index contributed by atoms with van der Waals surface area (Å²) in [6, 6.07) is -0.452. The van der Waals surface area contributed by atoms with E-state index < -0.39 is 19.7 Å². The molecule has 2 radical (unpaired) electrons. The van der Waals surface area contributed by atoms with Gasteiger partial charge in [0.2, 0.25) is 0 Å². The normalized spacial score (nSPS) is 36.9. The molecule has 1 saturated heterocycles. The van der Waals surface area contributed by atoms with E-state index in [0.717, 1.165) is 6.66 Å². The fraction of sp³-hybridized carbons (Fsp3) is 1.00. The predicted octanol–water partition coefficient (Wildman–Crippen LogP) is 0.117. The van der Waals surface area contributed by atoms with E-state index in [2.05, 4.69) is 0 Å². The van der Waals surface area contributed by atoms with Gasteiger partial charge in [-0.15, -0.1) is 0 Å². The Morgan fingerprint density at radius 3 is 2.86 bits per heavy atom. The third kappa shape index (κ3) is 3.71. The van der Waals surface area contributed by atoms with E-state index in [1.165, 1.54) is 7.11 Å². The lowest BCUT2D eigenvalue weighted by Gasteiger charge is -2.19. The fourth-order valence-corrected chi connectivity index (χ4v) is 2.15. The predicted molar refractivity (Wildman–Crippen MR) is 51.5 cm³/mol. The molecule has 0 spiro atoms. The Hall–Kier alpha value is 0.135. The standard InChI is InChI=1S/C7H14BO5P/c1-11-4-6-5(3-7(8)12-6)13-14(2,9)10/h5-7H,3-4H2,1-2H3,(H,9,10)/t5-,6-,7-/m1/s1. The first-order chi connectivity index (χ1) is 6.42. The van der Waals surface area contributed by atoms with Crippen LogP contribution in [0.2, 0.25) is 0 Å². The molecule has 5 nitrogen and oxygen atoms in total. The maximum atomic E-state index is 11.0. The summed E-state index contributed by atoms with van der Waals surface area (Å²) in [5.74, 6) is 0. The van der Waals surface area contributed by atoms with Crippen LogP contribution >= 0.6 is 7.60 Å². The molecule has 7 heteroatoms. The lowest BCUT2D eigenvalue weighted by molar-refractivity contribution is -0.0123. The summed E-state index contributed by atoms with van der Waals surface area (Å²) in [6.07, 6.45) is -0.423. The second kappa shape index (κ2) is 4.77. The number of ether oxygens (including phenoxy) is 2. The SMILES string of the molecule is [B][C@H]1C[C@@H](OP(C)(=O)O)[C@@H](COC)O1. The second-order valence-corrected chi connectivity index (χ2v) is 5.17. The van der Waals surface area contributed by atoms with Gasteiger partial charge in [0.05, 0.1) is 12.7 Å². The van der Waals surface area contributed by atoms with Crippen molar-refractivity contribution in [1.29, 1.82) is 0 Å². The second-order valence-electron chi connectivity index (χ2n) is 3.35. The van der Waals surface area contributed by atoms with Crippen LogP contribution in [-0.2, 0) is 18.6 Å². The molecule has 0 aromatic carbocycles. The first-order valence-corrected chi connectivity index (χ1v) is 6.33. The molecule has 0 amide bonds. The highest BCUT2D eigenvalue weighted by molar-refractivity contribution is 7.51. The quantitative estimate of drug-likeness (QED) is 0.538. The zero-order valence-electron chi connectivity index (χ0n) is 8.25. The molecule has 0 saturated carbocycles. The first kappa shape index (κ1) is 12.2. The van der Waals surface area contributed by atoms with Crippen molar-refractivity contribution in [2.75, 3.05) is 20.4 Å². The Balaban J connectivity index is 2.53. The number of hydrogen-bond donors (Lipinski definition) is 1. The highest BCUT2D eigenvalue weighted by atomic mass is 31.2. The molecule has 1 aliphatic rings. The van der Waals surface area contributed by atoms with E-state index in [9.17, 15) is 4.57 Å². The smallest absolute Gasteiger partial charge is 0.325 e. The third-order valence-electron chi connectivity index (χ3n) is 1.89. The van der Waals surface area contributed by atoms with Gasteiger partial charge in [-0.3, -0.25) is 4.57 Å². The van der Waals surface area contributed by atoms with E-state index in [1.54, 1.807) is 0 Å². The van der Waals surface area contributed by atoms with E-state index in [1.807, 2.05) is 0 Å². The zero-order valence-corrected chi connectivity index (χ0v) is 9.15. The van der Waals surface area contributed by atoms with Gasteiger partial charge in [0.15, 0.2) is 0 Å². The fourth-order valence-electron chi connectivity index (χ4n) is 1.42. The van der Waals surface area contributed by atoms with Gasteiger partial charge in [-0.25, -0.2) is 0 Å². The van der Waals surface area contributed by atoms with Gasteiger partial charge >= 0.3 is 7.60 Å². The molecule has 1 aliphatic heterocycles. The number of hydrogen-bond acceptors (Lipinski definition) is 4. The van der Waals surface area contributed by atoms with Gasteiger partial charge in [0.1, 0.15) is 14.0 Å². The largest absolute Gasteiger partial charge is 0.382 e. The van der Waals surface area contributed by atoms with Crippen molar-refractivity contribution >= 4 is 15.4 Å². The molecular weight excluding hydrogens is 206 g/mol. The average Bonchev–Trinajstić information content (AvgIpc) is 2.28. The number of methoxy groups -OCH3 is 1. The van der Waals surface area contributed by atoms with Crippen LogP contribution in [0.4, 0.5) is 0 Å². The van der Waals surface area contributed by atoms with Crippen molar-refractivity contribution in [3.05, 3.63) is 0 Å². The molecule has 80 valence electrons. The third-order valence-corrected chi connectivity index (χ3v) is 2.55. The summed E-state index contributed by atoms with van der Waals surface area (Å²) in [4.78, 5) is 9.05. The van der Waals surface area contributed by atoms with Crippen molar-refractivity contribution in [2.45, 2.75) is 24.6 Å². The van der Waals surface area contributed by atoms with E-state index in [4.69, 9.17) is 26.7 Å². The van der Waals surface area contributed by atoms with Crippen LogP contribution in [0.15, 0.2) is 0 Å². The maximum Gasteiger partial charge on any atom is 0.325 e. The molecule has 4 atom stereocenters. The lowest BCUT2D eigenvalue weighted by Crippen LogP contribution is -2.27. The Kier molecular flexibility index (Phi) is 4.16. The van der Waals surface area contributed by atoms with Crippen LogP contribution in [0.3, 0.4) is 0 Å². The Bertz CT molecular complexity index is 230. The van der Waals surface area contributed by atoms with Crippen LogP contribution in [0, 0.1) is 0 Å². The molecular formula is C7H14BO5P. The van der Waals surface area contributed by atoms with Gasteiger partial charge in [-0.2, -0.15) is 0 Å². The minimum atomic E-state index is -3.49. The molecule has 14 heavy (non-hydrogen) atoms. The van der Waals surface area contributed by atoms with E-state index >= 15 is 0 Å². The Morgan fingerprint density at radius 2 is 2.36 bits per heavy atom. The van der Waals surface area contributed by atoms with Gasteiger partial charge in [-0.1, -0.05) is 0 Å². The van der Waals surface area contributed by atoms with Crippen LogP contribution in [0.5, 0.6) is 0 Å². The van der Waals surface area contributed by atoms with Crippen LogP contribution in [0.1, 0.15) is 6.42 Å². The Labute approximate surface area is 84.7 Å². The highest BCUT2D eigenvalue weighted by Gasteiger charge is 2.36. The van der Waals surface area contributed by atoms with Gasteiger partial charge in [0.25, 0.3) is 0 Å². The van der Waals surface area contributed by atoms with Gasteiger partial charge in [-0.05, 0) is 6.42 Å². The van der Waals surface area contributed by atoms with Crippen molar-refractivity contribution in [3.63, 3.8) is 0 Å². The van der Waals surface area contributed by atoms with Crippen LogP contribution in [0.25, 0.3) is 0 Å². The minimum Gasteiger partial charge on any atom is -0.382 e. The lowest BCUT2D eigenvalue weighted by atomic mass is 9.96. The summed E-state index contributed by atoms with van der Waals surface area (Å²) in [7, 11) is 3.56. The van der Waals surface area contributed by atoms with Gasteiger partial charge < -0.3 is 18.9 Å². The number of rotatable bonds is 4. The monoisotopic (exact) mass is 220 g/mol. The minimum absolute atomic E-state index is 0.304. The van der Waals surface area contributed by atoms with Gasteiger partial charge in [0, 0.05) is 19.8 Å². The highest BCUT2D eigenvalue weighted by Crippen LogP contribution is 2.41. The molecule has 1 heterocycles. The van der Waals surface area contributed by atoms with E-state index in [0.29, 0.717) is 13.0 Å². The van der Waals surface area contributed by atoms with Crippen molar-refractivity contribution in [3.8, 4) is 0 Å².